The van der Waals surface area contributed by atoms with Crippen molar-refractivity contribution in [2.45, 2.75) is 54.2 Å². The van der Waals surface area contributed by atoms with Crippen LogP contribution in [0.4, 0.5) is 5.69 Å². The van der Waals surface area contributed by atoms with Gasteiger partial charge < -0.3 is 9.73 Å². The smallest absolute Gasteiger partial charge is 0.256 e. The number of anilines is 1. The van der Waals surface area contributed by atoms with Crippen LogP contribution in [0, 0.1) is 6.92 Å². The van der Waals surface area contributed by atoms with Gasteiger partial charge in [-0.1, -0.05) is 36.7 Å². The van der Waals surface area contributed by atoms with Gasteiger partial charge in [0.2, 0.25) is 5.91 Å². The second-order valence-electron chi connectivity index (χ2n) is 6.86. The molecule has 0 aliphatic heterocycles. The molecule has 160 valence electrons. The van der Waals surface area contributed by atoms with E-state index in [0.29, 0.717) is 6.42 Å². The normalized spacial score (nSPS) is 11.2. The molecule has 0 saturated heterocycles. The van der Waals surface area contributed by atoms with Gasteiger partial charge in [-0.25, -0.2) is 9.97 Å². The highest BCUT2D eigenvalue weighted by molar-refractivity contribution is 7.99. The Labute approximate surface area is 190 Å². The van der Waals surface area contributed by atoms with Crippen LogP contribution >= 0.6 is 35.3 Å². The summed E-state index contributed by atoms with van der Waals surface area (Å²) in [6.07, 6.45) is 8.65. The summed E-state index contributed by atoms with van der Waals surface area (Å²) in [6, 6.07) is 9.85. The van der Waals surface area contributed by atoms with Crippen LogP contribution in [0.1, 0.15) is 37.8 Å². The van der Waals surface area contributed by atoms with E-state index in [-0.39, 0.29) is 5.91 Å². The number of para-hydroxylation sites is 2. The number of hydrogen-bond acceptors (Lipinski definition) is 7. The van der Waals surface area contributed by atoms with Gasteiger partial charge in [0.15, 0.2) is 5.58 Å². The third kappa shape index (κ3) is 6.43. The maximum atomic E-state index is 12.4. The number of oxazole rings is 1. The zero-order chi connectivity index (χ0) is 21.3. The molecular formula is C22H27N3O2S3. The molecule has 0 radical (unpaired) electrons. The molecule has 1 N–H and O–H groups in total. The number of rotatable bonds is 11. The maximum Gasteiger partial charge on any atom is 0.256 e. The number of carbonyl (C=O) groups is 1. The average Bonchev–Trinajstić information content (AvgIpc) is 3.16. The number of nitrogens with one attached hydrogen (secondary N) is 1. The third-order valence-electron chi connectivity index (χ3n) is 4.55. The molecule has 0 saturated carbocycles. The number of aryl methyl sites for hydroxylation is 1. The Bertz CT molecular complexity index is 933. The summed E-state index contributed by atoms with van der Waals surface area (Å²) in [5.74, 6) is 1.04. The van der Waals surface area contributed by atoms with Gasteiger partial charge in [-0.2, -0.15) is 0 Å². The van der Waals surface area contributed by atoms with Gasteiger partial charge in [-0.3, -0.25) is 4.79 Å². The van der Waals surface area contributed by atoms with Crippen molar-refractivity contribution in [3.63, 3.8) is 0 Å². The summed E-state index contributed by atoms with van der Waals surface area (Å²) in [5.41, 5.74) is 3.56. The SMILES string of the molecule is CSc1cc(C)nc(SC)c1NC(=O)CCCCCCSc1nc2ccccc2o1. The molecule has 1 amide bonds. The first-order valence-corrected chi connectivity index (χ1v) is 13.4. The highest BCUT2D eigenvalue weighted by Gasteiger charge is 2.13. The molecule has 3 rings (SSSR count). The topological polar surface area (TPSA) is 68.0 Å². The van der Waals surface area contributed by atoms with Crippen LogP contribution in [-0.2, 0) is 4.79 Å². The van der Waals surface area contributed by atoms with Gasteiger partial charge in [-0.15, -0.1) is 23.5 Å². The summed E-state index contributed by atoms with van der Waals surface area (Å²) in [7, 11) is 0. The van der Waals surface area contributed by atoms with Crippen molar-refractivity contribution >= 4 is 58.0 Å². The van der Waals surface area contributed by atoms with E-state index in [0.717, 1.165) is 69.1 Å². The molecular weight excluding hydrogens is 434 g/mol. The molecule has 1 aromatic carbocycles. The van der Waals surface area contributed by atoms with Gasteiger partial charge in [0.05, 0.1) is 5.69 Å². The van der Waals surface area contributed by atoms with E-state index in [1.807, 2.05) is 49.8 Å². The maximum absolute atomic E-state index is 12.4. The Balaban J connectivity index is 1.35. The third-order valence-corrected chi connectivity index (χ3v) is 6.91. The summed E-state index contributed by atoms with van der Waals surface area (Å²) in [5, 5.41) is 4.69. The van der Waals surface area contributed by atoms with Crippen LogP contribution in [0.5, 0.6) is 0 Å². The molecule has 2 heterocycles. The summed E-state index contributed by atoms with van der Waals surface area (Å²) in [6.45, 7) is 1.98. The first-order valence-electron chi connectivity index (χ1n) is 9.98. The second kappa shape index (κ2) is 11.7. The molecule has 0 unspecified atom stereocenters. The number of fused-ring (bicyclic) bond motifs is 1. The Hall–Kier alpha value is -1.64. The van der Waals surface area contributed by atoms with E-state index >= 15 is 0 Å². The van der Waals surface area contributed by atoms with Crippen molar-refractivity contribution in [2.75, 3.05) is 23.6 Å². The Kier molecular flexibility index (Phi) is 8.96. The lowest BCUT2D eigenvalue weighted by atomic mass is 10.1. The monoisotopic (exact) mass is 461 g/mol. The molecule has 0 aliphatic rings. The van der Waals surface area contributed by atoms with E-state index in [1.165, 1.54) is 0 Å². The number of thioether (sulfide) groups is 3. The van der Waals surface area contributed by atoms with Crippen LogP contribution in [-0.4, -0.2) is 34.1 Å². The fourth-order valence-electron chi connectivity index (χ4n) is 3.05. The summed E-state index contributed by atoms with van der Waals surface area (Å²) >= 11 is 4.85. The molecule has 0 spiro atoms. The van der Waals surface area contributed by atoms with E-state index in [9.17, 15) is 4.79 Å². The number of unbranched alkanes of at least 4 members (excludes halogenated alkanes) is 3. The standard InChI is InChI=1S/C22H27N3O2S3/c1-15-14-18(28-2)20(21(23-15)29-3)25-19(26)12-6-4-5-9-13-30-22-24-16-10-7-8-11-17(16)27-22/h7-8,10-11,14H,4-6,9,12-13H2,1-3H3,(H,25,26). The molecule has 0 bridgehead atoms. The fourth-order valence-corrected chi connectivity index (χ4v) is 5.19. The molecule has 5 nitrogen and oxygen atoms in total. The van der Waals surface area contributed by atoms with Gasteiger partial charge >= 0.3 is 0 Å². The van der Waals surface area contributed by atoms with Crippen LogP contribution in [0.25, 0.3) is 11.1 Å². The van der Waals surface area contributed by atoms with E-state index in [4.69, 9.17) is 4.42 Å². The minimum atomic E-state index is 0.0621. The van der Waals surface area contributed by atoms with Crippen molar-refractivity contribution in [1.82, 2.24) is 9.97 Å². The van der Waals surface area contributed by atoms with Crippen LogP contribution < -0.4 is 5.32 Å². The summed E-state index contributed by atoms with van der Waals surface area (Å²) in [4.78, 5) is 22.5. The molecule has 3 aromatic rings. The van der Waals surface area contributed by atoms with E-state index in [2.05, 4.69) is 15.3 Å². The number of pyridine rings is 1. The fraction of sp³-hybridized carbons (Fsp3) is 0.409. The minimum Gasteiger partial charge on any atom is -0.431 e. The van der Waals surface area contributed by atoms with Crippen molar-refractivity contribution in [3.05, 3.63) is 36.0 Å². The average molecular weight is 462 g/mol. The van der Waals surface area contributed by atoms with Gasteiger partial charge in [0.25, 0.3) is 5.22 Å². The predicted octanol–water partition coefficient (Wildman–Crippen LogP) is 6.66. The lowest BCUT2D eigenvalue weighted by Gasteiger charge is -2.14. The van der Waals surface area contributed by atoms with Crippen molar-refractivity contribution in [2.24, 2.45) is 0 Å². The van der Waals surface area contributed by atoms with Gasteiger partial charge in [0, 0.05) is 22.8 Å². The van der Waals surface area contributed by atoms with Crippen molar-refractivity contribution in [3.8, 4) is 0 Å². The van der Waals surface area contributed by atoms with Gasteiger partial charge in [0.1, 0.15) is 10.5 Å². The zero-order valence-corrected chi connectivity index (χ0v) is 20.0. The van der Waals surface area contributed by atoms with E-state index < -0.39 is 0 Å². The molecule has 2 aromatic heterocycles. The predicted molar refractivity (Wildman–Crippen MR) is 129 cm³/mol. The first kappa shape index (κ1) is 23.0. The van der Waals surface area contributed by atoms with Crippen LogP contribution in [0.3, 0.4) is 0 Å². The van der Waals surface area contributed by atoms with Crippen LogP contribution in [0.2, 0.25) is 0 Å². The second-order valence-corrected chi connectivity index (χ2v) is 9.55. The lowest BCUT2D eigenvalue weighted by Crippen LogP contribution is -2.13. The van der Waals surface area contributed by atoms with E-state index in [1.54, 1.807) is 35.3 Å². The van der Waals surface area contributed by atoms with Crippen LogP contribution in [0.15, 0.2) is 49.9 Å². The largest absolute Gasteiger partial charge is 0.431 e. The highest BCUT2D eigenvalue weighted by Crippen LogP contribution is 2.33. The Morgan fingerprint density at radius 1 is 1.07 bits per heavy atom. The number of hydrogen-bond donors (Lipinski definition) is 1. The summed E-state index contributed by atoms with van der Waals surface area (Å²) < 4.78 is 5.72. The zero-order valence-electron chi connectivity index (χ0n) is 17.6. The number of aromatic nitrogens is 2. The molecule has 0 fully saturated rings. The number of benzene rings is 1. The number of amides is 1. The Morgan fingerprint density at radius 3 is 2.63 bits per heavy atom. The highest BCUT2D eigenvalue weighted by atomic mass is 32.2. The number of nitrogens with zero attached hydrogens (tertiary/aromatic N) is 2. The first-order chi connectivity index (χ1) is 14.6. The number of carbonyl (C=O) groups excluding carboxylic acids is 1. The molecule has 30 heavy (non-hydrogen) atoms. The van der Waals surface area contributed by atoms with Gasteiger partial charge in [-0.05, 0) is 50.5 Å². The van der Waals surface area contributed by atoms with Crippen molar-refractivity contribution in [1.29, 1.82) is 0 Å². The minimum absolute atomic E-state index is 0.0621. The van der Waals surface area contributed by atoms with Crippen molar-refractivity contribution < 1.29 is 9.21 Å². The molecule has 8 heteroatoms. The molecule has 0 atom stereocenters. The quantitative estimate of drug-likeness (QED) is 0.253. The Morgan fingerprint density at radius 2 is 1.87 bits per heavy atom. The lowest BCUT2D eigenvalue weighted by molar-refractivity contribution is -0.116. The molecule has 0 aliphatic carbocycles.